The molecule has 5 heteroatoms. The van der Waals surface area contributed by atoms with E-state index < -0.39 is 0 Å². The van der Waals surface area contributed by atoms with E-state index in [2.05, 4.69) is 137 Å². The molecule has 3 aromatic heterocycles. The minimum atomic E-state index is 0.319. The lowest BCUT2D eigenvalue weighted by Crippen LogP contribution is -2.21. The van der Waals surface area contributed by atoms with Crippen molar-refractivity contribution in [1.29, 1.82) is 0 Å². The number of para-hydroxylation sites is 1. The van der Waals surface area contributed by atoms with E-state index in [-0.39, 0.29) is 0 Å². The first-order chi connectivity index (χ1) is 22.1. The molecule has 0 saturated carbocycles. The van der Waals surface area contributed by atoms with E-state index in [4.69, 9.17) is 14.8 Å². The van der Waals surface area contributed by atoms with Gasteiger partial charge in [-0.05, 0) is 105 Å². The molecule has 5 nitrogen and oxygen atoms in total. The molecule has 0 aliphatic heterocycles. The first-order valence-corrected chi connectivity index (χ1v) is 16.6. The third-order valence-electron chi connectivity index (χ3n) is 9.64. The molecule has 0 bridgehead atoms. The van der Waals surface area contributed by atoms with E-state index in [1.807, 2.05) is 12.3 Å². The van der Waals surface area contributed by atoms with Crippen LogP contribution in [-0.2, 0) is 0 Å². The third kappa shape index (κ3) is 5.22. The van der Waals surface area contributed by atoms with Gasteiger partial charge in [-0.25, -0.2) is 9.67 Å². The number of hydrogen-bond donors (Lipinski definition) is 0. The van der Waals surface area contributed by atoms with Crippen LogP contribution >= 0.6 is 0 Å². The maximum atomic E-state index is 6.66. The Hall–Kier alpha value is -4.64. The topological polar surface area (TPSA) is 44.9 Å². The van der Waals surface area contributed by atoms with Crippen LogP contribution in [0.2, 0.25) is 0 Å². The van der Waals surface area contributed by atoms with Crippen molar-refractivity contribution in [3.63, 3.8) is 0 Å². The number of fused-ring (bicyclic) bond motifs is 3. The third-order valence-corrected chi connectivity index (χ3v) is 9.64. The average Bonchev–Trinajstić information content (AvgIpc) is 3.51. The van der Waals surface area contributed by atoms with Gasteiger partial charge in [-0.1, -0.05) is 57.5 Å². The lowest BCUT2D eigenvalue weighted by molar-refractivity contribution is 0.389. The fourth-order valence-electron chi connectivity index (χ4n) is 7.95. The minimum absolute atomic E-state index is 0.319. The van der Waals surface area contributed by atoms with Gasteiger partial charge >= 0.3 is 0 Å². The van der Waals surface area contributed by atoms with Crippen molar-refractivity contribution >= 4 is 21.8 Å². The van der Waals surface area contributed by atoms with Crippen LogP contribution in [0.3, 0.4) is 0 Å². The Morgan fingerprint density at radius 1 is 0.804 bits per heavy atom. The van der Waals surface area contributed by atoms with Gasteiger partial charge in [0.15, 0.2) is 0 Å². The van der Waals surface area contributed by atoms with Gasteiger partial charge in [0, 0.05) is 40.6 Å². The highest BCUT2D eigenvalue weighted by atomic mass is 16.5. The van der Waals surface area contributed by atoms with Crippen molar-refractivity contribution < 1.29 is 4.74 Å². The highest BCUT2D eigenvalue weighted by Gasteiger charge is 2.33. The van der Waals surface area contributed by atoms with Crippen molar-refractivity contribution in [1.82, 2.24) is 19.3 Å². The molecule has 1 aliphatic rings. The summed E-state index contributed by atoms with van der Waals surface area (Å²) >= 11 is 0. The molecular formula is C41H44N4O. The summed E-state index contributed by atoms with van der Waals surface area (Å²) in [5.74, 6) is 4.39. The number of aromatic nitrogens is 4. The van der Waals surface area contributed by atoms with E-state index in [1.54, 1.807) is 0 Å². The highest BCUT2D eigenvalue weighted by Crippen LogP contribution is 2.45. The molecule has 7 rings (SSSR count). The van der Waals surface area contributed by atoms with E-state index in [0.717, 1.165) is 45.3 Å². The summed E-state index contributed by atoms with van der Waals surface area (Å²) in [5.41, 5.74) is 10.8. The van der Waals surface area contributed by atoms with E-state index in [1.165, 1.54) is 39.6 Å². The molecule has 0 N–H and O–H groups in total. The van der Waals surface area contributed by atoms with Crippen LogP contribution in [0.15, 0.2) is 90.6 Å². The molecule has 46 heavy (non-hydrogen) atoms. The van der Waals surface area contributed by atoms with Gasteiger partial charge in [0.25, 0.3) is 0 Å². The van der Waals surface area contributed by atoms with Crippen LogP contribution in [0.5, 0.6) is 11.5 Å². The maximum absolute atomic E-state index is 6.66. The summed E-state index contributed by atoms with van der Waals surface area (Å²) in [4.78, 5) is 4.74. The smallest absolute Gasteiger partial charge is 0.137 e. The highest BCUT2D eigenvalue weighted by molar-refractivity contribution is 6.09. The average molecular weight is 609 g/mol. The standard InChI is InChI=1S/C41H44N4O/c1-24(2)41-40(39-28(6)17-26(4)18-29(39)7)30(8)43-45(41)31-19-27(5)20-33(22-31)46-32-13-14-35-34-11-9-10-12-36(34)44(37(35)23-32)38-21-25(3)15-16-42-38/h9-17,19-24,26,29,39H,18H2,1-8H3/t26-,29-,39?/m0/s1. The molecule has 0 saturated heterocycles. The molecule has 0 amide bonds. The van der Waals surface area contributed by atoms with Crippen molar-refractivity contribution in [3.05, 3.63) is 119 Å². The van der Waals surface area contributed by atoms with Crippen LogP contribution in [0.25, 0.3) is 33.3 Å². The molecule has 6 aromatic rings. The van der Waals surface area contributed by atoms with Crippen molar-refractivity contribution in [2.24, 2.45) is 11.8 Å². The Labute approximate surface area is 272 Å². The van der Waals surface area contributed by atoms with Crippen molar-refractivity contribution in [2.75, 3.05) is 0 Å². The normalized spacial score (nSPS) is 18.5. The number of benzene rings is 3. The Morgan fingerprint density at radius 2 is 1.59 bits per heavy atom. The zero-order valence-corrected chi connectivity index (χ0v) is 28.3. The first-order valence-electron chi connectivity index (χ1n) is 16.6. The van der Waals surface area contributed by atoms with Crippen LogP contribution in [0.1, 0.15) is 81.0 Å². The summed E-state index contributed by atoms with van der Waals surface area (Å²) in [6.07, 6.45) is 5.55. The van der Waals surface area contributed by atoms with Gasteiger partial charge in [-0.3, -0.25) is 4.57 Å². The van der Waals surface area contributed by atoms with Crippen LogP contribution < -0.4 is 4.74 Å². The van der Waals surface area contributed by atoms with Gasteiger partial charge in [0.2, 0.25) is 0 Å². The molecule has 3 atom stereocenters. The van der Waals surface area contributed by atoms with Gasteiger partial charge in [0.1, 0.15) is 17.3 Å². The van der Waals surface area contributed by atoms with Crippen LogP contribution in [0, 0.1) is 32.6 Å². The summed E-state index contributed by atoms with van der Waals surface area (Å²) in [6, 6.07) is 25.5. The van der Waals surface area contributed by atoms with Gasteiger partial charge in [-0.15, -0.1) is 0 Å². The minimum Gasteiger partial charge on any atom is -0.457 e. The molecule has 3 aromatic carbocycles. The fraction of sp³-hybridized carbons (Fsp3) is 0.317. The predicted octanol–water partition coefficient (Wildman–Crippen LogP) is 10.9. The van der Waals surface area contributed by atoms with E-state index in [9.17, 15) is 0 Å². The Morgan fingerprint density at radius 3 is 2.35 bits per heavy atom. The lowest BCUT2D eigenvalue weighted by atomic mass is 9.71. The molecule has 0 spiro atoms. The summed E-state index contributed by atoms with van der Waals surface area (Å²) in [6.45, 7) is 18.0. The zero-order valence-electron chi connectivity index (χ0n) is 28.3. The number of allylic oxidation sites excluding steroid dienone is 2. The molecule has 0 radical (unpaired) electrons. The molecule has 1 aliphatic carbocycles. The monoisotopic (exact) mass is 608 g/mol. The Balaban J connectivity index is 1.31. The van der Waals surface area contributed by atoms with Crippen LogP contribution in [-0.4, -0.2) is 19.3 Å². The predicted molar refractivity (Wildman–Crippen MR) is 190 cm³/mol. The van der Waals surface area contributed by atoms with Crippen molar-refractivity contribution in [2.45, 2.75) is 73.6 Å². The number of nitrogens with zero attached hydrogens (tertiary/aromatic N) is 4. The first kappa shape index (κ1) is 30.0. The molecule has 3 heterocycles. The van der Waals surface area contributed by atoms with E-state index >= 15 is 0 Å². The van der Waals surface area contributed by atoms with Gasteiger partial charge in [-0.2, -0.15) is 5.10 Å². The summed E-state index contributed by atoms with van der Waals surface area (Å²) in [7, 11) is 0. The number of rotatable bonds is 6. The Kier molecular flexibility index (Phi) is 7.59. The lowest BCUT2D eigenvalue weighted by Gasteiger charge is -2.33. The van der Waals surface area contributed by atoms with E-state index in [0.29, 0.717) is 23.7 Å². The second-order valence-electron chi connectivity index (χ2n) is 13.9. The van der Waals surface area contributed by atoms with Gasteiger partial charge in [0.05, 0.1) is 28.1 Å². The quantitative estimate of drug-likeness (QED) is 0.177. The number of pyridine rings is 1. The second-order valence-corrected chi connectivity index (χ2v) is 13.9. The summed E-state index contributed by atoms with van der Waals surface area (Å²) in [5, 5.41) is 7.57. The zero-order chi connectivity index (χ0) is 32.3. The fourth-order valence-corrected chi connectivity index (χ4v) is 7.95. The van der Waals surface area contributed by atoms with Crippen molar-refractivity contribution in [3.8, 4) is 23.0 Å². The van der Waals surface area contributed by atoms with Crippen LogP contribution in [0.4, 0.5) is 0 Å². The number of aryl methyl sites for hydroxylation is 3. The Bertz CT molecular complexity index is 2130. The molecule has 1 unspecified atom stereocenters. The number of ether oxygens (including phenoxy) is 1. The maximum Gasteiger partial charge on any atom is 0.137 e. The molecule has 0 fully saturated rings. The largest absolute Gasteiger partial charge is 0.457 e. The molecular weight excluding hydrogens is 564 g/mol. The summed E-state index contributed by atoms with van der Waals surface area (Å²) < 4.78 is 11.1. The second kappa shape index (κ2) is 11.6. The number of hydrogen-bond acceptors (Lipinski definition) is 3. The van der Waals surface area contributed by atoms with Gasteiger partial charge < -0.3 is 4.74 Å². The SMILES string of the molecule is CC1=C[C@H](C)C[C@H](C)C1c1c(C)nn(-c2cc(C)cc(Oc3ccc4c5ccccc5n(-c5cc(C)ccn5)c4c3)c2)c1C(C)C. The molecule has 234 valence electrons.